The van der Waals surface area contributed by atoms with E-state index < -0.39 is 5.97 Å². The van der Waals surface area contributed by atoms with Crippen molar-refractivity contribution in [2.24, 2.45) is 0 Å². The summed E-state index contributed by atoms with van der Waals surface area (Å²) in [4.78, 5) is 46.7. The number of carbonyl (C=O) groups is 2. The molecule has 0 atom stereocenters. The van der Waals surface area contributed by atoms with Crippen LogP contribution in [0.1, 0.15) is 34.1 Å². The Morgan fingerprint density at radius 1 is 1.20 bits per heavy atom. The predicted octanol–water partition coefficient (Wildman–Crippen LogP) is 3.37. The Morgan fingerprint density at radius 3 is 2.74 bits per heavy atom. The van der Waals surface area contributed by atoms with Crippen LogP contribution < -0.4 is 10.9 Å². The molecule has 2 N–H and O–H groups in total. The third-order valence-corrected chi connectivity index (χ3v) is 6.36. The van der Waals surface area contributed by atoms with Crippen molar-refractivity contribution in [3.8, 4) is 0 Å². The molecule has 35 heavy (non-hydrogen) atoms. The Kier molecular flexibility index (Phi) is 7.94. The van der Waals surface area contributed by atoms with Crippen LogP contribution in [0, 0.1) is 5.82 Å². The Bertz CT molecular complexity index is 1280. The number of esters is 1. The number of aromatic amines is 1. The summed E-state index contributed by atoms with van der Waals surface area (Å²) in [5.41, 5.74) is 2.72. The Morgan fingerprint density at radius 2 is 1.97 bits per heavy atom. The molecule has 1 aliphatic rings. The van der Waals surface area contributed by atoms with Crippen LogP contribution in [0.25, 0.3) is 0 Å². The summed E-state index contributed by atoms with van der Waals surface area (Å²) in [6.45, 7) is 3.73. The molecule has 0 saturated carbocycles. The minimum atomic E-state index is -0.509. The summed E-state index contributed by atoms with van der Waals surface area (Å²) >= 11 is 1.12. The predicted molar refractivity (Wildman–Crippen MR) is 131 cm³/mol. The number of anilines is 1. The van der Waals surface area contributed by atoms with E-state index in [1.165, 1.54) is 12.1 Å². The van der Waals surface area contributed by atoms with E-state index in [1.807, 2.05) is 0 Å². The number of benzene rings is 2. The van der Waals surface area contributed by atoms with Gasteiger partial charge in [-0.25, -0.2) is 14.2 Å². The van der Waals surface area contributed by atoms with Crippen LogP contribution in [0.5, 0.6) is 0 Å². The quantitative estimate of drug-likeness (QED) is 0.280. The maximum atomic E-state index is 13.1. The summed E-state index contributed by atoms with van der Waals surface area (Å²) in [6.07, 6.45) is 0.604. The van der Waals surface area contributed by atoms with Gasteiger partial charge in [0, 0.05) is 26.1 Å². The number of carbonyl (C=O) groups excluding carboxylic acids is 2. The molecule has 0 unspecified atom stereocenters. The fourth-order valence-electron chi connectivity index (χ4n) is 3.81. The molecular weight excluding hydrogens is 471 g/mol. The number of para-hydroxylation sites is 1. The third kappa shape index (κ3) is 6.34. The van der Waals surface area contributed by atoms with E-state index in [4.69, 9.17) is 4.74 Å². The van der Waals surface area contributed by atoms with Gasteiger partial charge in [0.2, 0.25) is 5.91 Å². The number of nitrogens with one attached hydrogen (secondary N) is 2. The van der Waals surface area contributed by atoms with E-state index in [0.29, 0.717) is 35.9 Å². The minimum Gasteiger partial charge on any atom is -0.462 e. The lowest BCUT2D eigenvalue weighted by Gasteiger charge is -2.27. The second-order valence-electron chi connectivity index (χ2n) is 7.99. The van der Waals surface area contributed by atoms with Gasteiger partial charge in [0.05, 0.1) is 34.9 Å². The zero-order valence-electron chi connectivity index (χ0n) is 19.2. The molecule has 1 aromatic heterocycles. The van der Waals surface area contributed by atoms with Crippen LogP contribution in [0.2, 0.25) is 0 Å². The number of aromatic nitrogens is 2. The molecule has 1 aliphatic heterocycles. The lowest BCUT2D eigenvalue weighted by atomic mass is 10.1. The molecule has 8 nitrogen and oxygen atoms in total. The number of fused-ring (bicyclic) bond motifs is 1. The average Bonchev–Trinajstić information content (AvgIpc) is 2.85. The zero-order chi connectivity index (χ0) is 24.8. The van der Waals surface area contributed by atoms with Crippen LogP contribution in [0.3, 0.4) is 0 Å². The number of rotatable bonds is 8. The van der Waals surface area contributed by atoms with Crippen molar-refractivity contribution in [2.45, 2.75) is 31.6 Å². The van der Waals surface area contributed by atoms with Gasteiger partial charge in [-0.15, -0.1) is 0 Å². The van der Waals surface area contributed by atoms with Crippen LogP contribution in [0.15, 0.2) is 58.5 Å². The van der Waals surface area contributed by atoms with Crippen molar-refractivity contribution in [2.75, 3.05) is 24.2 Å². The highest BCUT2D eigenvalue weighted by Crippen LogP contribution is 2.21. The van der Waals surface area contributed by atoms with Gasteiger partial charge in [-0.1, -0.05) is 36.0 Å². The SMILES string of the molecule is CCOC(=O)c1ccccc1NC(=O)CSc1nc2c(c(=O)[nH]1)CN(Cc1ccc(F)cc1)CC2. The highest BCUT2D eigenvalue weighted by Gasteiger charge is 2.22. The first kappa shape index (κ1) is 24.6. The van der Waals surface area contributed by atoms with Crippen LogP contribution in [-0.4, -0.2) is 45.6 Å². The van der Waals surface area contributed by atoms with Crippen LogP contribution in [-0.2, 0) is 29.0 Å². The smallest absolute Gasteiger partial charge is 0.340 e. The molecule has 182 valence electrons. The molecule has 0 bridgehead atoms. The molecule has 4 rings (SSSR count). The number of halogens is 1. The minimum absolute atomic E-state index is 0.00950. The topological polar surface area (TPSA) is 104 Å². The Labute approximate surface area is 205 Å². The first-order chi connectivity index (χ1) is 16.9. The molecule has 1 amide bonds. The second kappa shape index (κ2) is 11.3. The van der Waals surface area contributed by atoms with E-state index in [0.717, 1.165) is 29.6 Å². The normalized spacial score (nSPS) is 13.2. The molecule has 2 heterocycles. The number of hydrogen-bond donors (Lipinski definition) is 2. The van der Waals surface area contributed by atoms with E-state index in [9.17, 15) is 18.8 Å². The zero-order valence-corrected chi connectivity index (χ0v) is 20.0. The van der Waals surface area contributed by atoms with Gasteiger partial charge in [0.1, 0.15) is 5.82 Å². The third-order valence-electron chi connectivity index (χ3n) is 5.48. The van der Waals surface area contributed by atoms with E-state index >= 15 is 0 Å². The maximum Gasteiger partial charge on any atom is 0.340 e. The second-order valence-corrected chi connectivity index (χ2v) is 8.95. The molecule has 0 aliphatic carbocycles. The van der Waals surface area contributed by atoms with Gasteiger partial charge in [0.25, 0.3) is 5.56 Å². The number of thioether (sulfide) groups is 1. The van der Waals surface area contributed by atoms with Gasteiger partial charge >= 0.3 is 5.97 Å². The fraction of sp³-hybridized carbons (Fsp3) is 0.280. The molecule has 2 aromatic carbocycles. The number of nitrogens with zero attached hydrogens (tertiary/aromatic N) is 2. The fourth-order valence-corrected chi connectivity index (χ4v) is 4.49. The summed E-state index contributed by atoms with van der Waals surface area (Å²) < 4.78 is 18.2. The molecule has 0 radical (unpaired) electrons. The van der Waals surface area contributed by atoms with Gasteiger partial charge in [-0.05, 0) is 36.8 Å². The van der Waals surface area contributed by atoms with E-state index in [2.05, 4.69) is 20.2 Å². The highest BCUT2D eigenvalue weighted by molar-refractivity contribution is 7.99. The van der Waals surface area contributed by atoms with Gasteiger partial charge in [-0.3, -0.25) is 14.5 Å². The van der Waals surface area contributed by atoms with E-state index in [-0.39, 0.29) is 35.2 Å². The molecule has 3 aromatic rings. The number of H-pyrrole nitrogens is 1. The first-order valence-corrected chi connectivity index (χ1v) is 12.2. The summed E-state index contributed by atoms with van der Waals surface area (Å²) in [5, 5.41) is 3.09. The number of amides is 1. The van der Waals surface area contributed by atoms with Gasteiger partial charge < -0.3 is 15.0 Å². The molecule has 0 spiro atoms. The molecule has 10 heteroatoms. The standard InChI is InChI=1S/C25H25FN4O4S/c1-2-34-24(33)18-5-3-4-6-20(18)27-22(31)15-35-25-28-21-11-12-30(14-19(21)23(32)29-25)13-16-7-9-17(26)10-8-16/h3-10H,2,11-15H2,1H3,(H,27,31)(H,28,29,32). The molecule has 0 fully saturated rings. The van der Waals surface area contributed by atoms with Crippen molar-refractivity contribution in [1.82, 2.24) is 14.9 Å². The van der Waals surface area contributed by atoms with Crippen molar-refractivity contribution in [1.29, 1.82) is 0 Å². The van der Waals surface area contributed by atoms with E-state index in [1.54, 1.807) is 43.3 Å². The monoisotopic (exact) mass is 496 g/mol. The summed E-state index contributed by atoms with van der Waals surface area (Å²) in [6, 6.07) is 13.0. The highest BCUT2D eigenvalue weighted by atomic mass is 32.2. The van der Waals surface area contributed by atoms with Crippen molar-refractivity contribution < 1.29 is 18.7 Å². The Hall–Kier alpha value is -3.50. The number of ether oxygens (including phenoxy) is 1. The van der Waals surface area contributed by atoms with Crippen LogP contribution >= 0.6 is 11.8 Å². The molecule has 0 saturated heterocycles. The van der Waals surface area contributed by atoms with Crippen molar-refractivity contribution in [3.63, 3.8) is 0 Å². The van der Waals surface area contributed by atoms with Crippen molar-refractivity contribution in [3.05, 3.63) is 87.1 Å². The summed E-state index contributed by atoms with van der Waals surface area (Å²) in [7, 11) is 0. The van der Waals surface area contributed by atoms with Gasteiger partial charge in [0.15, 0.2) is 5.16 Å². The van der Waals surface area contributed by atoms with Gasteiger partial charge in [-0.2, -0.15) is 0 Å². The van der Waals surface area contributed by atoms with Crippen molar-refractivity contribution >= 4 is 29.3 Å². The lowest BCUT2D eigenvalue weighted by molar-refractivity contribution is -0.113. The van der Waals surface area contributed by atoms with Crippen LogP contribution in [0.4, 0.5) is 10.1 Å². The average molecular weight is 497 g/mol. The lowest BCUT2D eigenvalue weighted by Crippen LogP contribution is -2.35. The first-order valence-electron chi connectivity index (χ1n) is 11.2. The summed E-state index contributed by atoms with van der Waals surface area (Å²) in [5.74, 6) is -1.11. The maximum absolute atomic E-state index is 13.1. The number of hydrogen-bond acceptors (Lipinski definition) is 7. The Balaban J connectivity index is 1.37. The molecular formula is C25H25FN4O4S. The largest absolute Gasteiger partial charge is 0.462 e.